The molecule has 0 aliphatic carbocycles. The van der Waals surface area contributed by atoms with Gasteiger partial charge in [0.2, 0.25) is 5.91 Å². The topological polar surface area (TPSA) is 56.3 Å². The number of nitrogens with one attached hydrogen (secondary N) is 1. The van der Waals surface area contributed by atoms with Gasteiger partial charge in [0, 0.05) is 35.2 Å². The molecule has 2 N–H and O–H groups in total. The molecule has 20 heavy (non-hydrogen) atoms. The molecule has 0 saturated carbocycles. The Labute approximate surface area is 122 Å². The first kappa shape index (κ1) is 13.5. The Morgan fingerprint density at radius 3 is 2.90 bits per heavy atom. The third-order valence-corrected chi connectivity index (χ3v) is 4.12. The number of carbonyl (C=O) groups excluding carboxylic acids is 1. The second-order valence-electron chi connectivity index (χ2n) is 5.29. The number of rotatable bonds is 2. The van der Waals surface area contributed by atoms with E-state index in [-0.39, 0.29) is 12.0 Å². The molecule has 106 valence electrons. The monoisotopic (exact) mass is 292 g/mol. The van der Waals surface area contributed by atoms with Gasteiger partial charge in [0.15, 0.2) is 0 Å². The van der Waals surface area contributed by atoms with E-state index in [0.29, 0.717) is 37.4 Å². The number of hydrogen-bond donors (Lipinski definition) is 2. The molecule has 0 radical (unpaired) electrons. The van der Waals surface area contributed by atoms with Gasteiger partial charge < -0.3 is 15.0 Å². The van der Waals surface area contributed by atoms with Gasteiger partial charge in [0.05, 0.1) is 12.5 Å². The molecule has 1 amide bonds. The van der Waals surface area contributed by atoms with E-state index in [1.54, 1.807) is 0 Å². The number of fused-ring (bicyclic) bond motifs is 1. The number of amides is 1. The quantitative estimate of drug-likeness (QED) is 0.893. The van der Waals surface area contributed by atoms with E-state index in [9.17, 15) is 9.90 Å². The Kier molecular flexibility index (Phi) is 3.68. The molecule has 1 aliphatic rings. The summed E-state index contributed by atoms with van der Waals surface area (Å²) in [6.45, 7) is 1.29. The van der Waals surface area contributed by atoms with Gasteiger partial charge in [-0.2, -0.15) is 0 Å². The number of nitrogens with zero attached hydrogens (tertiary/aromatic N) is 1. The number of halogens is 1. The summed E-state index contributed by atoms with van der Waals surface area (Å²) >= 11 is 5.95. The number of aliphatic hydroxyl groups is 1. The predicted molar refractivity (Wildman–Crippen MR) is 78.8 cm³/mol. The van der Waals surface area contributed by atoms with Crippen LogP contribution in [0.5, 0.6) is 0 Å². The molecule has 0 unspecified atom stereocenters. The maximum atomic E-state index is 12.3. The molecule has 2 heterocycles. The summed E-state index contributed by atoms with van der Waals surface area (Å²) in [5, 5.41) is 11.2. The molecule has 1 aliphatic heterocycles. The highest BCUT2D eigenvalue weighted by molar-refractivity contribution is 6.31. The average molecular weight is 293 g/mol. The van der Waals surface area contributed by atoms with E-state index in [0.717, 1.165) is 16.5 Å². The summed E-state index contributed by atoms with van der Waals surface area (Å²) in [6, 6.07) is 5.64. The lowest BCUT2D eigenvalue weighted by Crippen LogP contribution is -2.40. The van der Waals surface area contributed by atoms with Crippen molar-refractivity contribution >= 4 is 28.4 Å². The van der Waals surface area contributed by atoms with Gasteiger partial charge in [-0.1, -0.05) is 17.7 Å². The molecule has 0 atom stereocenters. The fraction of sp³-hybridized carbons (Fsp3) is 0.400. The summed E-state index contributed by atoms with van der Waals surface area (Å²) in [7, 11) is 0. The zero-order valence-corrected chi connectivity index (χ0v) is 11.9. The van der Waals surface area contributed by atoms with Crippen molar-refractivity contribution in [3.8, 4) is 0 Å². The van der Waals surface area contributed by atoms with Crippen LogP contribution in [0.15, 0.2) is 24.4 Å². The van der Waals surface area contributed by atoms with Crippen molar-refractivity contribution in [2.45, 2.75) is 25.4 Å². The highest BCUT2D eigenvalue weighted by Crippen LogP contribution is 2.23. The summed E-state index contributed by atoms with van der Waals surface area (Å²) in [4.78, 5) is 17.3. The summed E-state index contributed by atoms with van der Waals surface area (Å²) in [5.74, 6) is 0.118. The Bertz CT molecular complexity index is 630. The third kappa shape index (κ3) is 2.67. The van der Waals surface area contributed by atoms with Crippen LogP contribution in [0.3, 0.4) is 0 Å². The molecule has 0 spiro atoms. The van der Waals surface area contributed by atoms with Gasteiger partial charge in [-0.15, -0.1) is 0 Å². The minimum atomic E-state index is -0.255. The van der Waals surface area contributed by atoms with Gasteiger partial charge >= 0.3 is 0 Å². The van der Waals surface area contributed by atoms with Crippen molar-refractivity contribution in [2.75, 3.05) is 13.1 Å². The fourth-order valence-corrected chi connectivity index (χ4v) is 2.87. The first-order valence-corrected chi connectivity index (χ1v) is 7.22. The van der Waals surface area contributed by atoms with Crippen LogP contribution in [-0.4, -0.2) is 40.1 Å². The number of piperidine rings is 1. The molecule has 3 rings (SSSR count). The van der Waals surface area contributed by atoms with Gasteiger partial charge in [0.25, 0.3) is 0 Å². The molecule has 0 bridgehead atoms. The Balaban J connectivity index is 1.74. The van der Waals surface area contributed by atoms with E-state index in [1.165, 1.54) is 0 Å². The summed E-state index contributed by atoms with van der Waals surface area (Å²) < 4.78 is 0. The third-order valence-electron chi connectivity index (χ3n) is 3.89. The molecule has 1 aromatic carbocycles. The number of hydrogen-bond acceptors (Lipinski definition) is 2. The van der Waals surface area contributed by atoms with Crippen molar-refractivity contribution in [3.63, 3.8) is 0 Å². The molecule has 2 aromatic rings. The first-order valence-electron chi connectivity index (χ1n) is 6.85. The Hall–Kier alpha value is -1.52. The number of aromatic amines is 1. The Morgan fingerprint density at radius 1 is 1.40 bits per heavy atom. The maximum Gasteiger partial charge on any atom is 0.227 e. The second kappa shape index (κ2) is 5.46. The highest BCUT2D eigenvalue weighted by atomic mass is 35.5. The van der Waals surface area contributed by atoms with Crippen LogP contribution >= 0.6 is 11.6 Å². The predicted octanol–water partition coefficient (Wildman–Crippen LogP) is 2.35. The number of aromatic nitrogens is 1. The largest absolute Gasteiger partial charge is 0.393 e. The van der Waals surface area contributed by atoms with Crippen LogP contribution in [0.25, 0.3) is 10.9 Å². The van der Waals surface area contributed by atoms with Crippen molar-refractivity contribution in [1.82, 2.24) is 9.88 Å². The van der Waals surface area contributed by atoms with Gasteiger partial charge in [-0.05, 0) is 30.5 Å². The van der Waals surface area contributed by atoms with Crippen LogP contribution in [0.1, 0.15) is 18.4 Å². The van der Waals surface area contributed by atoms with E-state index < -0.39 is 0 Å². The van der Waals surface area contributed by atoms with Crippen LogP contribution in [0.4, 0.5) is 0 Å². The van der Waals surface area contributed by atoms with E-state index in [2.05, 4.69) is 4.98 Å². The zero-order chi connectivity index (χ0) is 14.1. The van der Waals surface area contributed by atoms with Crippen LogP contribution in [0.2, 0.25) is 5.02 Å². The van der Waals surface area contributed by atoms with E-state index in [4.69, 9.17) is 11.6 Å². The molecular weight excluding hydrogens is 276 g/mol. The van der Waals surface area contributed by atoms with Crippen molar-refractivity contribution < 1.29 is 9.90 Å². The highest BCUT2D eigenvalue weighted by Gasteiger charge is 2.21. The molecule has 1 aromatic heterocycles. The van der Waals surface area contributed by atoms with E-state index >= 15 is 0 Å². The molecular formula is C15H17ClN2O2. The lowest BCUT2D eigenvalue weighted by atomic mass is 10.1. The summed E-state index contributed by atoms with van der Waals surface area (Å²) in [6.07, 6.45) is 3.36. The van der Waals surface area contributed by atoms with E-state index in [1.807, 2.05) is 29.3 Å². The maximum absolute atomic E-state index is 12.3. The summed E-state index contributed by atoms with van der Waals surface area (Å²) in [5.41, 5.74) is 1.95. The van der Waals surface area contributed by atoms with Gasteiger partial charge in [-0.3, -0.25) is 4.79 Å². The molecule has 5 heteroatoms. The van der Waals surface area contributed by atoms with Crippen molar-refractivity contribution in [3.05, 3.63) is 35.0 Å². The fourth-order valence-electron chi connectivity index (χ4n) is 2.69. The number of carbonyl (C=O) groups is 1. The van der Waals surface area contributed by atoms with Crippen LogP contribution < -0.4 is 0 Å². The molecule has 1 saturated heterocycles. The minimum Gasteiger partial charge on any atom is -0.393 e. The first-order chi connectivity index (χ1) is 9.63. The van der Waals surface area contributed by atoms with Gasteiger partial charge in [0.1, 0.15) is 0 Å². The van der Waals surface area contributed by atoms with Crippen molar-refractivity contribution in [1.29, 1.82) is 0 Å². The second-order valence-corrected chi connectivity index (χ2v) is 5.73. The zero-order valence-electron chi connectivity index (χ0n) is 11.1. The smallest absolute Gasteiger partial charge is 0.227 e. The van der Waals surface area contributed by atoms with Crippen LogP contribution in [0, 0.1) is 0 Å². The standard InChI is InChI=1S/C15H17ClN2O2/c16-11-1-2-13-10(9-17-14(13)8-11)7-15(20)18-5-3-12(19)4-6-18/h1-2,8-9,12,17,19H,3-7H2. The number of benzene rings is 1. The lowest BCUT2D eigenvalue weighted by Gasteiger charge is -2.29. The lowest BCUT2D eigenvalue weighted by molar-refractivity contribution is -0.132. The number of aliphatic hydroxyl groups excluding tert-OH is 1. The number of H-pyrrole nitrogens is 1. The normalized spacial score (nSPS) is 16.8. The van der Waals surface area contributed by atoms with Gasteiger partial charge in [-0.25, -0.2) is 0 Å². The Morgan fingerprint density at radius 2 is 2.15 bits per heavy atom. The molecule has 4 nitrogen and oxygen atoms in total. The van der Waals surface area contributed by atoms with Crippen LogP contribution in [-0.2, 0) is 11.2 Å². The minimum absolute atomic E-state index is 0.118. The SMILES string of the molecule is O=C(Cc1c[nH]c2cc(Cl)ccc12)N1CCC(O)CC1. The average Bonchev–Trinajstić information content (AvgIpc) is 2.81. The molecule has 1 fully saturated rings. The number of likely N-dealkylation sites (tertiary alicyclic amines) is 1. The van der Waals surface area contributed by atoms with Crippen molar-refractivity contribution in [2.24, 2.45) is 0 Å².